The molecule has 0 aliphatic carbocycles. The number of urea groups is 1. The average Bonchev–Trinajstić information content (AvgIpc) is 2.73. The van der Waals surface area contributed by atoms with Crippen molar-refractivity contribution in [1.29, 1.82) is 0 Å². The number of hydrogen-bond acceptors (Lipinski definition) is 2. The van der Waals surface area contributed by atoms with Gasteiger partial charge in [-0.15, -0.1) is 0 Å². The van der Waals surface area contributed by atoms with Crippen molar-refractivity contribution in [3.8, 4) is 0 Å². The molecule has 0 aromatic heterocycles. The third-order valence-electron chi connectivity index (χ3n) is 4.76. The van der Waals surface area contributed by atoms with Crippen LogP contribution in [0.1, 0.15) is 30.4 Å². The monoisotopic (exact) mass is 459 g/mol. The third kappa shape index (κ3) is 7.06. The van der Waals surface area contributed by atoms with E-state index in [9.17, 15) is 27.2 Å². The Labute approximate surface area is 187 Å². The number of carbonyl (C=O) groups is 2. The smallest absolute Gasteiger partial charge is 0.326 e. The predicted octanol–water partition coefficient (Wildman–Crippen LogP) is 6.62. The lowest BCUT2D eigenvalue weighted by Gasteiger charge is -2.13. The standard InChI is InChI=1S/C24H21F4N3O2/c1-15(16-5-2-7-18(25)12-16)11-22(32)29-20-9-4-10-21(14-20)31-23(33)30-19-8-3-6-17(13-19)24(26,27)28/h2-10,12-15H,11H2,1H3,(H,29,32)(H2,30,31,33). The summed E-state index contributed by atoms with van der Waals surface area (Å²) >= 11 is 0. The van der Waals surface area contributed by atoms with Gasteiger partial charge in [0.05, 0.1) is 5.56 Å². The largest absolute Gasteiger partial charge is 0.416 e. The van der Waals surface area contributed by atoms with Crippen LogP contribution in [0.3, 0.4) is 0 Å². The van der Waals surface area contributed by atoms with Gasteiger partial charge in [0, 0.05) is 23.5 Å². The van der Waals surface area contributed by atoms with Crippen molar-refractivity contribution in [1.82, 2.24) is 0 Å². The molecule has 3 rings (SSSR count). The zero-order valence-electron chi connectivity index (χ0n) is 17.5. The van der Waals surface area contributed by atoms with Crippen LogP contribution in [0.15, 0.2) is 72.8 Å². The van der Waals surface area contributed by atoms with Crippen LogP contribution in [0.5, 0.6) is 0 Å². The Hall–Kier alpha value is -3.88. The molecule has 0 fully saturated rings. The number of rotatable bonds is 6. The summed E-state index contributed by atoms with van der Waals surface area (Å²) in [6.45, 7) is 1.81. The number of amides is 3. The topological polar surface area (TPSA) is 70.2 Å². The van der Waals surface area contributed by atoms with Gasteiger partial charge in [-0.25, -0.2) is 9.18 Å². The Morgan fingerprint density at radius 3 is 2.03 bits per heavy atom. The zero-order valence-corrected chi connectivity index (χ0v) is 17.5. The molecule has 33 heavy (non-hydrogen) atoms. The maximum Gasteiger partial charge on any atom is 0.416 e. The molecule has 0 saturated carbocycles. The molecule has 0 heterocycles. The van der Waals surface area contributed by atoms with Crippen molar-refractivity contribution in [2.45, 2.75) is 25.4 Å². The first-order valence-corrected chi connectivity index (χ1v) is 10.0. The van der Waals surface area contributed by atoms with E-state index >= 15 is 0 Å². The fourth-order valence-electron chi connectivity index (χ4n) is 3.16. The number of benzene rings is 3. The Bertz CT molecular complexity index is 1150. The van der Waals surface area contributed by atoms with E-state index in [1.165, 1.54) is 30.3 Å². The second kappa shape index (κ2) is 10.2. The number of anilines is 3. The molecule has 9 heteroatoms. The number of hydrogen-bond donors (Lipinski definition) is 3. The first kappa shape index (κ1) is 23.8. The fraction of sp³-hybridized carbons (Fsp3) is 0.167. The van der Waals surface area contributed by atoms with E-state index in [0.717, 1.165) is 12.1 Å². The lowest BCUT2D eigenvalue weighted by Crippen LogP contribution is -2.20. The summed E-state index contributed by atoms with van der Waals surface area (Å²) in [5.74, 6) is -0.875. The maximum atomic E-state index is 13.4. The van der Waals surface area contributed by atoms with E-state index in [1.54, 1.807) is 30.3 Å². The molecule has 5 nitrogen and oxygen atoms in total. The van der Waals surface area contributed by atoms with Gasteiger partial charge in [0.25, 0.3) is 0 Å². The highest BCUT2D eigenvalue weighted by Gasteiger charge is 2.30. The van der Waals surface area contributed by atoms with Crippen molar-refractivity contribution in [3.05, 3.63) is 89.7 Å². The fourth-order valence-corrected chi connectivity index (χ4v) is 3.16. The molecule has 3 amide bonds. The van der Waals surface area contributed by atoms with Crippen LogP contribution < -0.4 is 16.0 Å². The normalized spacial score (nSPS) is 12.0. The van der Waals surface area contributed by atoms with Gasteiger partial charge in [0.2, 0.25) is 5.91 Å². The second-order valence-corrected chi connectivity index (χ2v) is 7.45. The van der Waals surface area contributed by atoms with Gasteiger partial charge in [-0.3, -0.25) is 4.79 Å². The SMILES string of the molecule is CC(CC(=O)Nc1cccc(NC(=O)Nc2cccc(C(F)(F)F)c2)c1)c1cccc(F)c1. The molecule has 172 valence electrons. The quantitative estimate of drug-likeness (QED) is 0.363. The number of halogens is 4. The van der Waals surface area contributed by atoms with Crippen molar-refractivity contribution < 1.29 is 27.2 Å². The van der Waals surface area contributed by atoms with Crippen LogP contribution in [-0.2, 0) is 11.0 Å². The molecule has 0 radical (unpaired) electrons. The molecular weight excluding hydrogens is 438 g/mol. The molecular formula is C24H21F4N3O2. The van der Waals surface area contributed by atoms with Gasteiger partial charge in [0.15, 0.2) is 0 Å². The Balaban J connectivity index is 1.58. The van der Waals surface area contributed by atoms with Gasteiger partial charge in [-0.1, -0.05) is 31.2 Å². The van der Waals surface area contributed by atoms with Crippen LogP contribution >= 0.6 is 0 Å². The van der Waals surface area contributed by atoms with Crippen molar-refractivity contribution >= 4 is 29.0 Å². The lowest BCUT2D eigenvalue weighted by atomic mass is 9.97. The summed E-state index contributed by atoms with van der Waals surface area (Å²) in [6.07, 6.45) is -4.40. The van der Waals surface area contributed by atoms with Crippen LogP contribution in [0, 0.1) is 5.82 Å². The first-order valence-electron chi connectivity index (χ1n) is 10.0. The van der Waals surface area contributed by atoms with E-state index in [1.807, 2.05) is 6.92 Å². The Morgan fingerprint density at radius 1 is 0.818 bits per heavy atom. The molecule has 0 spiro atoms. The Kier molecular flexibility index (Phi) is 7.32. The van der Waals surface area contributed by atoms with Crippen LogP contribution in [-0.4, -0.2) is 11.9 Å². The summed E-state index contributed by atoms with van der Waals surface area (Å²) in [4.78, 5) is 24.6. The van der Waals surface area contributed by atoms with Gasteiger partial charge in [-0.05, 0) is 60.0 Å². The van der Waals surface area contributed by atoms with Crippen molar-refractivity contribution in [2.75, 3.05) is 16.0 Å². The summed E-state index contributed by atoms with van der Waals surface area (Å²) in [7, 11) is 0. The summed E-state index contributed by atoms with van der Waals surface area (Å²) in [6, 6.07) is 15.9. The van der Waals surface area contributed by atoms with Gasteiger partial charge in [-0.2, -0.15) is 13.2 Å². The second-order valence-electron chi connectivity index (χ2n) is 7.45. The summed E-state index contributed by atoms with van der Waals surface area (Å²) in [5, 5.41) is 7.57. The Morgan fingerprint density at radius 2 is 1.39 bits per heavy atom. The molecule has 0 saturated heterocycles. The van der Waals surface area contributed by atoms with E-state index in [0.29, 0.717) is 16.9 Å². The number of carbonyl (C=O) groups excluding carboxylic acids is 2. The molecule has 3 N–H and O–H groups in total. The van der Waals surface area contributed by atoms with Crippen molar-refractivity contribution in [3.63, 3.8) is 0 Å². The predicted molar refractivity (Wildman–Crippen MR) is 119 cm³/mol. The highest BCUT2D eigenvalue weighted by molar-refractivity contribution is 6.00. The van der Waals surface area contributed by atoms with E-state index in [2.05, 4.69) is 16.0 Å². The number of nitrogens with one attached hydrogen (secondary N) is 3. The third-order valence-corrected chi connectivity index (χ3v) is 4.76. The average molecular weight is 459 g/mol. The molecule has 1 unspecified atom stereocenters. The van der Waals surface area contributed by atoms with Gasteiger partial charge >= 0.3 is 12.2 Å². The molecule has 3 aromatic rings. The van der Waals surface area contributed by atoms with Crippen LogP contribution in [0.25, 0.3) is 0 Å². The zero-order chi connectivity index (χ0) is 24.0. The molecule has 3 aromatic carbocycles. The lowest BCUT2D eigenvalue weighted by molar-refractivity contribution is -0.137. The van der Waals surface area contributed by atoms with E-state index in [4.69, 9.17) is 0 Å². The molecule has 0 aliphatic rings. The molecule has 0 aliphatic heterocycles. The van der Waals surface area contributed by atoms with Gasteiger partial charge in [0.1, 0.15) is 5.82 Å². The van der Waals surface area contributed by atoms with Crippen LogP contribution in [0.4, 0.5) is 39.4 Å². The van der Waals surface area contributed by atoms with Crippen LogP contribution in [0.2, 0.25) is 0 Å². The highest BCUT2D eigenvalue weighted by Crippen LogP contribution is 2.30. The molecule has 0 bridgehead atoms. The van der Waals surface area contributed by atoms with Gasteiger partial charge < -0.3 is 16.0 Å². The summed E-state index contributed by atoms with van der Waals surface area (Å²) < 4.78 is 51.8. The minimum Gasteiger partial charge on any atom is -0.326 e. The highest BCUT2D eigenvalue weighted by atomic mass is 19.4. The first-order chi connectivity index (χ1) is 15.6. The van der Waals surface area contributed by atoms with E-state index < -0.39 is 17.8 Å². The number of alkyl halides is 3. The van der Waals surface area contributed by atoms with Crippen molar-refractivity contribution in [2.24, 2.45) is 0 Å². The minimum atomic E-state index is -4.52. The van der Waals surface area contributed by atoms with E-state index in [-0.39, 0.29) is 29.8 Å². The minimum absolute atomic E-state index is 0.0156. The maximum absolute atomic E-state index is 13.4. The molecule has 1 atom stereocenters. The summed E-state index contributed by atoms with van der Waals surface area (Å²) in [5.41, 5.74) is 0.557.